The molecule has 4 N–H and O–H groups in total. The molecule has 1 rings (SSSR count). The number of ether oxygens (including phenoxy) is 1. The molecule has 0 spiro atoms. The Labute approximate surface area is 162 Å². The van der Waals surface area contributed by atoms with Crippen LogP contribution in [0.1, 0.15) is 45.1 Å². The fraction of sp³-hybridized carbons (Fsp3) is 0.632. The van der Waals surface area contributed by atoms with E-state index >= 15 is 0 Å². The van der Waals surface area contributed by atoms with E-state index < -0.39 is 7.12 Å². The van der Waals surface area contributed by atoms with Gasteiger partial charge in [-0.15, -0.1) is 0 Å². The second kappa shape index (κ2) is 15.4. The molecule has 7 nitrogen and oxygen atoms in total. The highest BCUT2D eigenvalue weighted by molar-refractivity contribution is 6.40. The Morgan fingerprint density at radius 1 is 1.15 bits per heavy atom. The molecule has 1 atom stereocenters. The van der Waals surface area contributed by atoms with E-state index in [9.17, 15) is 0 Å². The number of unbranched alkanes of at least 4 members (excludes halogenated alkanes) is 1. The molecule has 0 aliphatic heterocycles. The van der Waals surface area contributed by atoms with E-state index in [-0.39, 0.29) is 18.3 Å². The third kappa shape index (κ3) is 15.1. The number of rotatable bonds is 12. The van der Waals surface area contributed by atoms with Gasteiger partial charge in [0, 0.05) is 12.6 Å². The van der Waals surface area contributed by atoms with Gasteiger partial charge in [-0.2, -0.15) is 9.59 Å². The lowest BCUT2D eigenvalue weighted by molar-refractivity contribution is -0.191. The quantitative estimate of drug-likeness (QED) is 0.373. The van der Waals surface area contributed by atoms with E-state index in [2.05, 4.69) is 24.1 Å². The Morgan fingerprint density at radius 3 is 2.26 bits per heavy atom. The molecular weight excluding hydrogens is 347 g/mol. The summed E-state index contributed by atoms with van der Waals surface area (Å²) < 4.78 is 5.65. The van der Waals surface area contributed by atoms with Crippen molar-refractivity contribution in [1.29, 1.82) is 0 Å². The summed E-state index contributed by atoms with van der Waals surface area (Å²) in [6.45, 7) is 5.90. The highest BCUT2D eigenvalue weighted by Gasteiger charge is 2.09. The van der Waals surface area contributed by atoms with Crippen LogP contribution < -0.4 is 10.5 Å². The largest absolute Gasteiger partial charge is 0.491 e. The molecule has 1 aromatic rings. The summed E-state index contributed by atoms with van der Waals surface area (Å²) >= 11 is 0. The first kappa shape index (κ1) is 25.3. The first-order valence-corrected chi connectivity index (χ1v) is 9.33. The zero-order chi connectivity index (χ0) is 20.7. The van der Waals surface area contributed by atoms with Gasteiger partial charge < -0.3 is 25.4 Å². The molecular formula is C19H33BN2O5. The molecule has 0 aliphatic rings. The van der Waals surface area contributed by atoms with E-state index in [1.54, 1.807) is 0 Å². The van der Waals surface area contributed by atoms with Crippen molar-refractivity contribution in [2.75, 3.05) is 13.6 Å². The third-order valence-electron chi connectivity index (χ3n) is 3.92. The van der Waals surface area contributed by atoms with Gasteiger partial charge in [0.1, 0.15) is 5.75 Å². The zero-order valence-electron chi connectivity index (χ0n) is 16.6. The molecule has 0 amide bonds. The topological polar surface area (TPSA) is 113 Å². The monoisotopic (exact) mass is 380 g/mol. The van der Waals surface area contributed by atoms with Crippen LogP contribution in [-0.2, 0) is 16.1 Å². The molecule has 152 valence electrons. The van der Waals surface area contributed by atoms with Crippen LogP contribution in [0.15, 0.2) is 24.3 Å². The number of benzene rings is 1. The van der Waals surface area contributed by atoms with Crippen LogP contribution in [0.2, 0.25) is 6.32 Å². The molecule has 0 fully saturated rings. The lowest BCUT2D eigenvalue weighted by Crippen LogP contribution is -2.28. The van der Waals surface area contributed by atoms with E-state index in [0.717, 1.165) is 44.5 Å². The van der Waals surface area contributed by atoms with Crippen molar-refractivity contribution in [2.24, 2.45) is 5.73 Å². The molecule has 1 aromatic carbocycles. The van der Waals surface area contributed by atoms with Gasteiger partial charge in [0.05, 0.1) is 6.10 Å². The summed E-state index contributed by atoms with van der Waals surface area (Å²) in [5.41, 5.74) is 7.39. The number of hydrogen-bond acceptors (Lipinski definition) is 7. The van der Waals surface area contributed by atoms with Gasteiger partial charge in [-0.05, 0) is 64.3 Å². The van der Waals surface area contributed by atoms with Crippen LogP contribution in [0.5, 0.6) is 5.75 Å². The first-order chi connectivity index (χ1) is 12.8. The van der Waals surface area contributed by atoms with E-state index in [0.29, 0.717) is 6.32 Å². The predicted octanol–water partition coefficient (Wildman–Crippen LogP) is 1.68. The molecule has 0 saturated heterocycles. The van der Waals surface area contributed by atoms with Crippen LogP contribution in [0.3, 0.4) is 0 Å². The first-order valence-electron chi connectivity index (χ1n) is 9.33. The molecule has 27 heavy (non-hydrogen) atoms. The van der Waals surface area contributed by atoms with Crippen molar-refractivity contribution in [2.45, 2.75) is 64.5 Å². The molecule has 0 radical (unpaired) electrons. The third-order valence-corrected chi connectivity index (χ3v) is 3.92. The Hall–Kier alpha value is -1.70. The van der Waals surface area contributed by atoms with Gasteiger partial charge in [0.25, 0.3) is 0 Å². The average molecular weight is 380 g/mol. The van der Waals surface area contributed by atoms with Gasteiger partial charge in [0.15, 0.2) is 0 Å². The predicted molar refractivity (Wildman–Crippen MR) is 105 cm³/mol. The molecule has 0 heterocycles. The Morgan fingerprint density at radius 2 is 1.74 bits per heavy atom. The van der Waals surface area contributed by atoms with Crippen molar-refractivity contribution in [3.63, 3.8) is 0 Å². The normalized spacial score (nSPS) is 11.6. The number of nitrogens with zero attached hydrogens (tertiary/aromatic N) is 1. The van der Waals surface area contributed by atoms with Crippen LogP contribution in [0, 0.1) is 0 Å². The maximum atomic E-state index is 8.80. The number of carbonyl (C=O) groups excluding carboxylic acids is 2. The minimum atomic E-state index is -1.19. The average Bonchev–Trinajstić information content (AvgIpc) is 2.59. The summed E-state index contributed by atoms with van der Waals surface area (Å²) in [5, 5.41) is 17.6. The van der Waals surface area contributed by atoms with Gasteiger partial charge in [-0.25, -0.2) is 0 Å². The fourth-order valence-electron chi connectivity index (χ4n) is 2.60. The smallest absolute Gasteiger partial charge is 0.451 e. The van der Waals surface area contributed by atoms with E-state index in [1.165, 1.54) is 5.56 Å². The van der Waals surface area contributed by atoms with Gasteiger partial charge in [0.2, 0.25) is 0 Å². The van der Waals surface area contributed by atoms with Crippen molar-refractivity contribution in [3.8, 4) is 5.75 Å². The van der Waals surface area contributed by atoms with E-state index in [4.69, 9.17) is 30.1 Å². The fourth-order valence-corrected chi connectivity index (χ4v) is 2.60. The molecule has 0 bridgehead atoms. The summed E-state index contributed by atoms with van der Waals surface area (Å²) in [4.78, 5) is 18.5. The van der Waals surface area contributed by atoms with Crippen molar-refractivity contribution < 1.29 is 24.4 Å². The van der Waals surface area contributed by atoms with Crippen molar-refractivity contribution in [1.82, 2.24) is 4.90 Å². The van der Waals surface area contributed by atoms with Crippen LogP contribution >= 0.6 is 0 Å². The number of hydrogen-bond donors (Lipinski definition) is 3. The lowest BCUT2D eigenvalue weighted by atomic mass is 9.83. The standard InChI is InChI=1S/C18H33BN2O3.CO2/c1-15(2)24-18-9-7-16(8-10-18)14-21(3)13-11-17(20)6-4-5-12-19(22)23;2-1-3/h7-10,15,17,22-23H,4-6,11-14,20H2,1-3H3;. The summed E-state index contributed by atoms with van der Waals surface area (Å²) in [7, 11) is 0.914. The summed E-state index contributed by atoms with van der Waals surface area (Å²) in [6.07, 6.45) is 4.52. The van der Waals surface area contributed by atoms with Crippen LogP contribution in [-0.4, -0.2) is 54.0 Å². The molecule has 1 unspecified atom stereocenters. The van der Waals surface area contributed by atoms with Crippen LogP contribution in [0.4, 0.5) is 0 Å². The number of nitrogens with two attached hydrogens (primary N) is 1. The minimum Gasteiger partial charge on any atom is -0.491 e. The van der Waals surface area contributed by atoms with Crippen molar-refractivity contribution in [3.05, 3.63) is 29.8 Å². The van der Waals surface area contributed by atoms with Gasteiger partial charge >= 0.3 is 13.3 Å². The maximum Gasteiger partial charge on any atom is 0.451 e. The Bertz CT molecular complexity index is 519. The molecule has 8 heteroatoms. The summed E-state index contributed by atoms with van der Waals surface area (Å²) in [6, 6.07) is 8.42. The minimum absolute atomic E-state index is 0.171. The molecule has 0 aliphatic carbocycles. The second-order valence-corrected chi connectivity index (χ2v) is 6.95. The summed E-state index contributed by atoms with van der Waals surface area (Å²) in [5.74, 6) is 0.909. The Kier molecular flexibility index (Phi) is 14.4. The van der Waals surface area contributed by atoms with Crippen molar-refractivity contribution >= 4 is 13.3 Å². The molecule has 0 saturated carbocycles. The maximum absolute atomic E-state index is 8.80. The van der Waals surface area contributed by atoms with Crippen LogP contribution in [0.25, 0.3) is 0 Å². The lowest BCUT2D eigenvalue weighted by Gasteiger charge is -2.20. The Balaban J connectivity index is 0.00000210. The SMILES string of the molecule is CC(C)Oc1ccc(CN(C)CCC(N)CCCCB(O)O)cc1.O=C=O. The van der Waals surface area contributed by atoms with Gasteiger partial charge in [-0.3, -0.25) is 0 Å². The van der Waals surface area contributed by atoms with Gasteiger partial charge in [-0.1, -0.05) is 25.0 Å². The highest BCUT2D eigenvalue weighted by Crippen LogP contribution is 2.15. The second-order valence-electron chi connectivity index (χ2n) is 6.95. The zero-order valence-corrected chi connectivity index (χ0v) is 16.6. The highest BCUT2D eigenvalue weighted by atomic mass is 16.5. The molecule has 0 aromatic heterocycles. The van der Waals surface area contributed by atoms with E-state index in [1.807, 2.05) is 26.0 Å².